The highest BCUT2D eigenvalue weighted by Crippen LogP contribution is 2.24. The second kappa shape index (κ2) is 7.38. The Morgan fingerprint density at radius 1 is 1.29 bits per heavy atom. The molecule has 0 aromatic heterocycles. The van der Waals surface area contributed by atoms with Crippen LogP contribution >= 0.6 is 0 Å². The van der Waals surface area contributed by atoms with E-state index in [1.54, 1.807) is 0 Å². The molecule has 1 rings (SSSR count). The predicted octanol–water partition coefficient (Wildman–Crippen LogP) is 3.27. The SMILES string of the molecule is CCCC(C)NCC(C)N1CCCC(C)C1C. The fraction of sp³-hybridized carbons (Fsp3) is 1.00. The molecule has 1 saturated heterocycles. The summed E-state index contributed by atoms with van der Waals surface area (Å²) in [4.78, 5) is 2.69. The fourth-order valence-electron chi connectivity index (χ4n) is 3.01. The van der Waals surface area contributed by atoms with Crippen molar-refractivity contribution in [3.8, 4) is 0 Å². The minimum atomic E-state index is 0.667. The zero-order chi connectivity index (χ0) is 12.8. The smallest absolute Gasteiger partial charge is 0.0195 e. The van der Waals surface area contributed by atoms with E-state index in [9.17, 15) is 0 Å². The van der Waals surface area contributed by atoms with Gasteiger partial charge in [-0.1, -0.05) is 20.3 Å². The molecule has 0 aromatic rings. The van der Waals surface area contributed by atoms with Crippen LogP contribution in [0.25, 0.3) is 0 Å². The molecule has 0 saturated carbocycles. The maximum Gasteiger partial charge on any atom is 0.0195 e. The van der Waals surface area contributed by atoms with Crippen molar-refractivity contribution in [3.63, 3.8) is 0 Å². The highest BCUT2D eigenvalue weighted by atomic mass is 15.2. The first-order valence-electron chi connectivity index (χ1n) is 7.55. The molecule has 4 atom stereocenters. The summed E-state index contributed by atoms with van der Waals surface area (Å²) >= 11 is 0. The molecule has 1 heterocycles. The third kappa shape index (κ3) is 4.59. The van der Waals surface area contributed by atoms with Crippen LogP contribution in [-0.4, -0.2) is 36.1 Å². The van der Waals surface area contributed by atoms with Crippen molar-refractivity contribution in [1.82, 2.24) is 10.2 Å². The van der Waals surface area contributed by atoms with Crippen LogP contribution in [0.3, 0.4) is 0 Å². The van der Waals surface area contributed by atoms with Crippen LogP contribution in [0.1, 0.15) is 60.3 Å². The normalized spacial score (nSPS) is 30.2. The molecule has 4 unspecified atom stereocenters. The molecule has 1 aliphatic rings. The Labute approximate surface area is 108 Å². The van der Waals surface area contributed by atoms with Gasteiger partial charge in [0, 0.05) is 24.7 Å². The quantitative estimate of drug-likeness (QED) is 0.766. The average molecular weight is 240 g/mol. The van der Waals surface area contributed by atoms with Gasteiger partial charge in [-0.05, 0) is 52.5 Å². The minimum absolute atomic E-state index is 0.667. The van der Waals surface area contributed by atoms with Gasteiger partial charge in [0.15, 0.2) is 0 Å². The van der Waals surface area contributed by atoms with Crippen molar-refractivity contribution in [3.05, 3.63) is 0 Å². The fourth-order valence-corrected chi connectivity index (χ4v) is 3.01. The second-order valence-corrected chi connectivity index (χ2v) is 6.04. The van der Waals surface area contributed by atoms with E-state index in [0.29, 0.717) is 12.1 Å². The number of rotatable bonds is 6. The molecule has 2 heteroatoms. The summed E-state index contributed by atoms with van der Waals surface area (Å²) < 4.78 is 0. The largest absolute Gasteiger partial charge is 0.313 e. The van der Waals surface area contributed by atoms with Crippen molar-refractivity contribution in [2.75, 3.05) is 13.1 Å². The zero-order valence-corrected chi connectivity index (χ0v) is 12.5. The molecule has 17 heavy (non-hydrogen) atoms. The highest BCUT2D eigenvalue weighted by molar-refractivity contribution is 4.83. The molecule has 0 spiro atoms. The first-order chi connectivity index (χ1) is 8.06. The number of hydrogen-bond acceptors (Lipinski definition) is 2. The van der Waals surface area contributed by atoms with Gasteiger partial charge >= 0.3 is 0 Å². The summed E-state index contributed by atoms with van der Waals surface area (Å²) in [5.41, 5.74) is 0. The summed E-state index contributed by atoms with van der Waals surface area (Å²) in [6.07, 6.45) is 5.35. The van der Waals surface area contributed by atoms with E-state index in [2.05, 4.69) is 44.8 Å². The van der Waals surface area contributed by atoms with Gasteiger partial charge in [-0.25, -0.2) is 0 Å². The van der Waals surface area contributed by atoms with Crippen LogP contribution in [-0.2, 0) is 0 Å². The lowest BCUT2D eigenvalue weighted by Crippen LogP contribution is -2.51. The summed E-state index contributed by atoms with van der Waals surface area (Å²) in [5.74, 6) is 0.860. The van der Waals surface area contributed by atoms with Gasteiger partial charge in [0.05, 0.1) is 0 Å². The van der Waals surface area contributed by atoms with E-state index < -0.39 is 0 Å². The van der Waals surface area contributed by atoms with Crippen LogP contribution in [0.15, 0.2) is 0 Å². The van der Waals surface area contributed by atoms with E-state index in [4.69, 9.17) is 0 Å². The molecule has 1 aliphatic heterocycles. The number of likely N-dealkylation sites (tertiary alicyclic amines) is 1. The number of nitrogens with zero attached hydrogens (tertiary/aromatic N) is 1. The Bertz CT molecular complexity index is 205. The third-order valence-electron chi connectivity index (χ3n) is 4.47. The third-order valence-corrected chi connectivity index (χ3v) is 4.47. The van der Waals surface area contributed by atoms with Gasteiger partial charge in [-0.15, -0.1) is 0 Å². The highest BCUT2D eigenvalue weighted by Gasteiger charge is 2.27. The lowest BCUT2D eigenvalue weighted by atomic mass is 9.91. The maximum absolute atomic E-state index is 3.67. The van der Waals surface area contributed by atoms with Crippen molar-refractivity contribution in [2.24, 2.45) is 5.92 Å². The second-order valence-electron chi connectivity index (χ2n) is 6.04. The van der Waals surface area contributed by atoms with E-state index in [1.165, 1.54) is 32.2 Å². The topological polar surface area (TPSA) is 15.3 Å². The molecule has 0 amide bonds. The van der Waals surface area contributed by atoms with E-state index in [-0.39, 0.29) is 0 Å². The molecular weight excluding hydrogens is 208 g/mol. The van der Waals surface area contributed by atoms with E-state index >= 15 is 0 Å². The number of hydrogen-bond donors (Lipinski definition) is 1. The first-order valence-corrected chi connectivity index (χ1v) is 7.55. The predicted molar refractivity (Wildman–Crippen MR) is 76.4 cm³/mol. The van der Waals surface area contributed by atoms with Gasteiger partial charge in [0.2, 0.25) is 0 Å². The molecule has 1 fully saturated rings. The molecule has 0 aromatic carbocycles. The van der Waals surface area contributed by atoms with Crippen LogP contribution in [0, 0.1) is 5.92 Å². The summed E-state index contributed by atoms with van der Waals surface area (Å²) in [6, 6.07) is 2.09. The Hall–Kier alpha value is -0.0800. The molecule has 0 aliphatic carbocycles. The molecular formula is C15H32N2. The lowest BCUT2D eigenvalue weighted by molar-refractivity contribution is 0.0740. The summed E-state index contributed by atoms with van der Waals surface area (Å²) in [5, 5.41) is 3.67. The van der Waals surface area contributed by atoms with Gasteiger partial charge < -0.3 is 5.32 Å². The summed E-state index contributed by atoms with van der Waals surface area (Å²) in [7, 11) is 0. The van der Waals surface area contributed by atoms with Crippen molar-refractivity contribution < 1.29 is 0 Å². The van der Waals surface area contributed by atoms with Gasteiger partial charge in [-0.2, -0.15) is 0 Å². The molecule has 0 bridgehead atoms. The van der Waals surface area contributed by atoms with E-state index in [0.717, 1.165) is 18.5 Å². The van der Waals surface area contributed by atoms with Crippen LogP contribution < -0.4 is 5.32 Å². The van der Waals surface area contributed by atoms with Crippen molar-refractivity contribution >= 4 is 0 Å². The number of nitrogens with one attached hydrogen (secondary N) is 1. The monoisotopic (exact) mass is 240 g/mol. The zero-order valence-electron chi connectivity index (χ0n) is 12.5. The molecule has 102 valence electrons. The standard InChI is InChI=1S/C15H32N2/c1-6-8-13(3)16-11-14(4)17-10-7-9-12(2)15(17)5/h12-16H,6-11H2,1-5H3. The Morgan fingerprint density at radius 3 is 2.65 bits per heavy atom. The Kier molecular flexibility index (Phi) is 6.50. The summed E-state index contributed by atoms with van der Waals surface area (Å²) in [6.45, 7) is 14.2. The lowest BCUT2D eigenvalue weighted by Gasteiger charge is -2.42. The van der Waals surface area contributed by atoms with Gasteiger partial charge in [-0.3, -0.25) is 4.90 Å². The van der Waals surface area contributed by atoms with Crippen LogP contribution in [0.5, 0.6) is 0 Å². The number of piperidine rings is 1. The molecule has 1 N–H and O–H groups in total. The molecule has 2 nitrogen and oxygen atoms in total. The maximum atomic E-state index is 3.67. The van der Waals surface area contributed by atoms with Crippen LogP contribution in [0.2, 0.25) is 0 Å². The van der Waals surface area contributed by atoms with Gasteiger partial charge in [0.25, 0.3) is 0 Å². The first kappa shape index (κ1) is 15.0. The average Bonchev–Trinajstić information content (AvgIpc) is 2.30. The van der Waals surface area contributed by atoms with Gasteiger partial charge in [0.1, 0.15) is 0 Å². The molecule has 0 radical (unpaired) electrons. The Morgan fingerprint density at radius 2 is 2.00 bits per heavy atom. The Balaban J connectivity index is 2.33. The van der Waals surface area contributed by atoms with Crippen molar-refractivity contribution in [2.45, 2.75) is 78.4 Å². The van der Waals surface area contributed by atoms with E-state index in [1.807, 2.05) is 0 Å². The van der Waals surface area contributed by atoms with Crippen molar-refractivity contribution in [1.29, 1.82) is 0 Å². The van der Waals surface area contributed by atoms with Crippen LogP contribution in [0.4, 0.5) is 0 Å². The minimum Gasteiger partial charge on any atom is -0.313 e.